The van der Waals surface area contributed by atoms with Crippen LogP contribution in [0.25, 0.3) is 204 Å². The van der Waals surface area contributed by atoms with Crippen molar-refractivity contribution in [3.05, 3.63) is 413 Å². The van der Waals surface area contributed by atoms with Crippen molar-refractivity contribution in [3.8, 4) is 84.1 Å². The summed E-state index contributed by atoms with van der Waals surface area (Å²) < 4.78 is 22.3. The van der Waals surface area contributed by atoms with Crippen LogP contribution in [0.1, 0.15) is 0 Å². The van der Waals surface area contributed by atoms with Gasteiger partial charge in [0, 0.05) is 99.2 Å². The van der Waals surface area contributed by atoms with Gasteiger partial charge in [0.05, 0.1) is 72.6 Å². The van der Waals surface area contributed by atoms with E-state index in [1.54, 1.807) is 0 Å². The molecule has 0 aliphatic carbocycles. The molecule has 0 aliphatic rings. The molecule has 24 aromatic rings. The highest BCUT2D eigenvalue weighted by Crippen LogP contribution is 2.46. The number of anilines is 3. The fourth-order valence-electron chi connectivity index (χ4n) is 18.8. The Morgan fingerprint density at radius 3 is 0.692 bits per heavy atom. The van der Waals surface area contributed by atoms with E-state index in [9.17, 15) is 0 Å². The third-order valence-electron chi connectivity index (χ3n) is 24.2. The van der Waals surface area contributed by atoms with Crippen LogP contribution < -0.4 is 4.90 Å². The van der Waals surface area contributed by atoms with Gasteiger partial charge in [-0.3, -0.25) is 0 Å². The lowest BCUT2D eigenvalue weighted by atomic mass is 9.97. The number of rotatable bonds is 13. The van der Waals surface area contributed by atoms with E-state index in [0.29, 0.717) is 0 Å². The summed E-state index contributed by atoms with van der Waals surface area (Å²) in [5.41, 5.74) is 33.2. The first-order chi connectivity index (χ1) is 58.0. The fraction of sp³-hybridized carbons (Fsp3) is 0. The van der Waals surface area contributed by atoms with Crippen LogP contribution >= 0.6 is 11.7 Å². The molecule has 117 heavy (non-hydrogen) atoms. The first kappa shape index (κ1) is 66.2. The highest BCUT2D eigenvalue weighted by Gasteiger charge is 2.25. The maximum Gasteiger partial charge on any atom is 0.129 e. The molecule has 9 heteroatoms. The number of nitrogens with zero attached hydrogens (tertiary/aromatic N) is 8. The average molecular weight is 1510 g/mol. The molecule has 0 atom stereocenters. The van der Waals surface area contributed by atoms with Gasteiger partial charge in [0.25, 0.3) is 0 Å². The zero-order valence-electron chi connectivity index (χ0n) is 63.2. The predicted octanol–water partition coefficient (Wildman–Crippen LogP) is 29.0. The minimum absolute atomic E-state index is 0.827. The molecule has 0 aliphatic heterocycles. The quantitative estimate of drug-likeness (QED) is 0.116. The second-order valence-corrected chi connectivity index (χ2v) is 31.1. The van der Waals surface area contributed by atoms with Crippen molar-refractivity contribution in [2.24, 2.45) is 0 Å². The van der Waals surface area contributed by atoms with Crippen molar-refractivity contribution in [2.75, 3.05) is 4.90 Å². The van der Waals surface area contributed by atoms with Crippen LogP contribution in [0.5, 0.6) is 0 Å². The van der Waals surface area contributed by atoms with E-state index in [2.05, 4.69) is 440 Å². The van der Waals surface area contributed by atoms with Crippen LogP contribution in [-0.4, -0.2) is 31.6 Å². The molecular formula is C108H68N8S. The summed E-state index contributed by atoms with van der Waals surface area (Å²) in [4.78, 5) is 2.34. The standard InChI is InChI=1S/C108H68N8S/c1-9-25-96-86(17-1)87-18-2-10-26-97(87)112(96)80-49-41-71(42-50-80)69-33-37-73(38-34-69)76-47-64-104-94(67-76)95-68-77(74-39-35-70(36-40-74)72-43-51-81(52-44-72)113-98-27-11-3-19-88(98)89-20-4-12-28-99(89)113)48-65-105(95)116(104)82-53-45-75(46-54-82)85-63-66-106(108-107(85)109-117-110-108)111(78-55-59-83(60-56-78)114-100-29-13-5-21-90(100)91-22-6-14-30-101(91)114)79-57-61-84(62-58-79)115-102-31-15-7-23-92(102)93-24-8-16-32-103(93)115/h1-68H. The van der Waals surface area contributed by atoms with Crippen LogP contribution in [0.4, 0.5) is 17.1 Å². The molecule has 0 N–H and O–H groups in total. The average Bonchev–Trinajstić information content (AvgIpc) is 1.54. The monoisotopic (exact) mass is 1510 g/mol. The summed E-state index contributed by atoms with van der Waals surface area (Å²) >= 11 is 1.25. The molecule has 18 aromatic carbocycles. The summed E-state index contributed by atoms with van der Waals surface area (Å²) in [5, 5.41) is 12.3. The minimum atomic E-state index is 0.827. The van der Waals surface area contributed by atoms with Crippen molar-refractivity contribution < 1.29 is 0 Å². The van der Waals surface area contributed by atoms with Crippen molar-refractivity contribution >= 4 is 149 Å². The third-order valence-corrected chi connectivity index (χ3v) is 24.8. The van der Waals surface area contributed by atoms with Gasteiger partial charge in [0.2, 0.25) is 0 Å². The van der Waals surface area contributed by atoms with Crippen molar-refractivity contribution in [1.82, 2.24) is 31.6 Å². The Morgan fingerprint density at radius 1 is 0.179 bits per heavy atom. The van der Waals surface area contributed by atoms with E-state index in [1.807, 2.05) is 0 Å². The van der Waals surface area contributed by atoms with Crippen molar-refractivity contribution in [1.29, 1.82) is 0 Å². The summed E-state index contributed by atoms with van der Waals surface area (Å²) in [6.07, 6.45) is 0. The first-order valence-electron chi connectivity index (χ1n) is 39.8. The van der Waals surface area contributed by atoms with E-state index in [0.717, 1.165) is 101 Å². The van der Waals surface area contributed by atoms with Crippen LogP contribution in [0.2, 0.25) is 0 Å². The van der Waals surface area contributed by atoms with Crippen molar-refractivity contribution in [3.63, 3.8) is 0 Å². The molecule has 0 amide bonds. The SMILES string of the molecule is c1ccc2c(c1)c1ccccc1n2-c1ccc(-c2ccc(-c3ccc4c(c3)c3cc(-c5ccc(-c6ccc(-n7c8ccccc8c8ccccc87)cc6)cc5)ccc3n4-c3ccc(-c4ccc(N(c5ccc(-n6c7ccccc7c7ccccc76)cc5)c5ccc(-n6c7ccccc7c7ccccc76)cc5)c5nsnc45)cc3)cc2)cc1. The van der Waals surface area contributed by atoms with E-state index in [1.165, 1.54) is 132 Å². The predicted molar refractivity (Wildman–Crippen MR) is 491 cm³/mol. The second kappa shape index (κ2) is 26.6. The Hall–Kier alpha value is -15.4. The van der Waals surface area contributed by atoms with Gasteiger partial charge in [0.15, 0.2) is 0 Å². The molecule has 0 radical (unpaired) electrons. The van der Waals surface area contributed by atoms with Crippen LogP contribution in [0.15, 0.2) is 413 Å². The molecule has 0 unspecified atom stereocenters. The van der Waals surface area contributed by atoms with Gasteiger partial charge >= 0.3 is 0 Å². The van der Waals surface area contributed by atoms with Gasteiger partial charge in [0.1, 0.15) is 11.0 Å². The van der Waals surface area contributed by atoms with Crippen LogP contribution in [-0.2, 0) is 0 Å². The lowest BCUT2D eigenvalue weighted by Crippen LogP contribution is -2.11. The molecular weight excluding hydrogens is 1440 g/mol. The smallest absolute Gasteiger partial charge is 0.129 e. The Morgan fingerprint density at radius 2 is 0.402 bits per heavy atom. The Bertz CT molecular complexity index is 7450. The number of para-hydroxylation sites is 8. The molecule has 8 nitrogen and oxygen atoms in total. The van der Waals surface area contributed by atoms with Gasteiger partial charge < -0.3 is 27.7 Å². The largest absolute Gasteiger partial charge is 0.309 e. The lowest BCUT2D eigenvalue weighted by Gasteiger charge is -2.26. The molecule has 0 spiro atoms. The molecule has 546 valence electrons. The Balaban J connectivity index is 0.585. The first-order valence-corrected chi connectivity index (χ1v) is 40.6. The molecule has 0 fully saturated rings. The lowest BCUT2D eigenvalue weighted by molar-refractivity contribution is 1.17. The van der Waals surface area contributed by atoms with Gasteiger partial charge in [-0.2, -0.15) is 8.75 Å². The molecule has 24 rings (SSSR count). The van der Waals surface area contributed by atoms with Gasteiger partial charge in [-0.25, -0.2) is 0 Å². The third kappa shape index (κ3) is 10.6. The Kier molecular flexibility index (Phi) is 15.1. The topological polar surface area (TPSA) is 53.7 Å². The second-order valence-electron chi connectivity index (χ2n) is 30.5. The van der Waals surface area contributed by atoms with E-state index >= 15 is 0 Å². The van der Waals surface area contributed by atoms with Gasteiger partial charge in [-0.15, -0.1) is 0 Å². The summed E-state index contributed by atoms with van der Waals surface area (Å²) in [5.74, 6) is 0. The van der Waals surface area contributed by atoms with Crippen LogP contribution in [0.3, 0.4) is 0 Å². The van der Waals surface area contributed by atoms with Crippen molar-refractivity contribution in [2.45, 2.75) is 0 Å². The maximum absolute atomic E-state index is 5.18. The maximum atomic E-state index is 5.18. The molecule has 6 aromatic heterocycles. The summed E-state index contributed by atoms with van der Waals surface area (Å²) in [6, 6.07) is 151. The Labute approximate surface area is 677 Å². The highest BCUT2D eigenvalue weighted by atomic mass is 32.1. The number of aromatic nitrogens is 7. The molecule has 6 heterocycles. The van der Waals surface area contributed by atoms with Gasteiger partial charge in [-0.05, 0) is 220 Å². The normalized spacial score (nSPS) is 11.9. The van der Waals surface area contributed by atoms with Crippen LogP contribution in [0, 0.1) is 0 Å². The summed E-state index contributed by atoms with van der Waals surface area (Å²) in [7, 11) is 0. The molecule has 0 saturated heterocycles. The number of fused-ring (bicyclic) bond motifs is 16. The molecule has 0 saturated carbocycles. The van der Waals surface area contributed by atoms with Gasteiger partial charge in [-0.1, -0.05) is 243 Å². The van der Waals surface area contributed by atoms with E-state index in [-0.39, 0.29) is 0 Å². The van der Waals surface area contributed by atoms with E-state index in [4.69, 9.17) is 8.75 Å². The summed E-state index contributed by atoms with van der Waals surface area (Å²) in [6.45, 7) is 0. The van der Waals surface area contributed by atoms with E-state index < -0.39 is 0 Å². The highest BCUT2D eigenvalue weighted by molar-refractivity contribution is 7.00. The minimum Gasteiger partial charge on any atom is -0.309 e. The number of hydrogen-bond donors (Lipinski definition) is 0. The molecule has 0 bridgehead atoms. The fourth-order valence-corrected chi connectivity index (χ4v) is 19.3. The zero-order valence-corrected chi connectivity index (χ0v) is 64.1. The number of hydrogen-bond acceptors (Lipinski definition) is 4. The number of benzene rings is 18. The zero-order chi connectivity index (χ0) is 76.8.